The average Bonchev–Trinajstić information content (AvgIpc) is 3.50. The zero-order valence-corrected chi connectivity index (χ0v) is 55.2. The molecule has 0 saturated heterocycles. The van der Waals surface area contributed by atoms with Crippen LogP contribution in [-0.2, 0) is 28.6 Å². The van der Waals surface area contributed by atoms with Crippen molar-refractivity contribution in [2.75, 3.05) is 13.2 Å². The first-order valence-electron chi connectivity index (χ1n) is 36.1. The molecule has 0 heterocycles. The smallest absolute Gasteiger partial charge is 0.306 e. The van der Waals surface area contributed by atoms with Gasteiger partial charge in [-0.25, -0.2) is 0 Å². The molecule has 6 nitrogen and oxygen atoms in total. The van der Waals surface area contributed by atoms with Crippen molar-refractivity contribution in [1.29, 1.82) is 0 Å². The first-order valence-corrected chi connectivity index (χ1v) is 36.1. The fraction of sp³-hybridized carbons (Fsp3) is 0.779. The topological polar surface area (TPSA) is 78.9 Å². The summed E-state index contributed by atoms with van der Waals surface area (Å²) < 4.78 is 17.0. The van der Waals surface area contributed by atoms with Crippen LogP contribution in [0.5, 0.6) is 0 Å². The maximum atomic E-state index is 13.0. The number of rotatable bonds is 66. The zero-order chi connectivity index (χ0) is 59.9. The van der Waals surface area contributed by atoms with Crippen molar-refractivity contribution in [2.24, 2.45) is 0 Å². The van der Waals surface area contributed by atoms with Crippen LogP contribution in [0.1, 0.15) is 367 Å². The molecule has 0 amide bonds. The number of unbranched alkanes of at least 4 members (excludes halogenated alkanes) is 41. The minimum Gasteiger partial charge on any atom is -0.462 e. The summed E-state index contributed by atoms with van der Waals surface area (Å²) in [5, 5.41) is 0. The molecular weight excluding hydrogens is 1020 g/mol. The lowest BCUT2D eigenvalue weighted by atomic mass is 10.1. The van der Waals surface area contributed by atoms with E-state index in [9.17, 15) is 14.4 Å². The summed E-state index contributed by atoms with van der Waals surface area (Å²) in [5.41, 5.74) is 0. The van der Waals surface area contributed by atoms with E-state index in [1.54, 1.807) is 0 Å². The van der Waals surface area contributed by atoms with E-state index in [1.165, 1.54) is 231 Å². The van der Waals surface area contributed by atoms with Crippen LogP contribution in [0.15, 0.2) is 85.1 Å². The molecule has 1 atom stereocenters. The maximum absolute atomic E-state index is 13.0. The molecule has 0 aromatic rings. The van der Waals surface area contributed by atoms with Crippen LogP contribution in [-0.4, -0.2) is 37.2 Å². The Kier molecular flexibility index (Phi) is 68.2. The number of carbonyl (C=O) groups excluding carboxylic acids is 3. The Morgan fingerprint density at radius 1 is 0.253 bits per heavy atom. The zero-order valence-electron chi connectivity index (χ0n) is 55.2. The molecule has 0 aromatic heterocycles. The molecule has 0 aromatic carbocycles. The largest absolute Gasteiger partial charge is 0.462 e. The van der Waals surface area contributed by atoms with E-state index in [1.807, 2.05) is 0 Å². The van der Waals surface area contributed by atoms with Crippen molar-refractivity contribution in [3.63, 3.8) is 0 Å². The van der Waals surface area contributed by atoms with Crippen molar-refractivity contribution in [1.82, 2.24) is 0 Å². The SMILES string of the molecule is CC/C=C\C/C=C\C/C=C\C/C=C\C/C=C\CCCCCCCCCCCC(=O)OCC(COC(=O)CCCCCCCCCCC/C=C\CCCCCCCC)OC(=O)CCCCCCCCCCC/C=C\CCCCCCCCCC. The molecule has 0 N–H and O–H groups in total. The average molecular weight is 1160 g/mol. The number of hydrogen-bond donors (Lipinski definition) is 0. The Labute approximate surface area is 515 Å². The van der Waals surface area contributed by atoms with Crippen LogP contribution >= 0.6 is 0 Å². The Morgan fingerprint density at radius 3 is 0.747 bits per heavy atom. The highest BCUT2D eigenvalue weighted by atomic mass is 16.6. The summed E-state index contributed by atoms with van der Waals surface area (Å²) in [6.07, 6.45) is 94.6. The summed E-state index contributed by atoms with van der Waals surface area (Å²) in [7, 11) is 0. The minimum atomic E-state index is -0.783. The summed E-state index contributed by atoms with van der Waals surface area (Å²) in [5.74, 6) is -0.867. The predicted octanol–water partition coefficient (Wildman–Crippen LogP) is 25.0. The lowest BCUT2D eigenvalue weighted by Crippen LogP contribution is -2.30. The highest BCUT2D eigenvalue weighted by molar-refractivity contribution is 5.71. The van der Waals surface area contributed by atoms with Crippen molar-refractivity contribution in [2.45, 2.75) is 374 Å². The van der Waals surface area contributed by atoms with Crippen LogP contribution < -0.4 is 0 Å². The third-order valence-corrected chi connectivity index (χ3v) is 15.9. The standard InChI is InChI=1S/C77H136O6/c1-4-7-10-13-16-19-22-25-28-31-34-36-37-38-39-41-43-46-49-52-55-58-61-64-67-70-76(79)82-73-74(72-81-75(78)69-66-63-60-57-54-51-48-45-42-33-30-27-24-21-18-15-12-9-6-3)83-77(80)71-68-65-62-59-56-53-50-47-44-40-35-32-29-26-23-20-17-14-11-8-5-2/h7,10,16,19,25,27-28,30,32,34-36,38-39,74H,4-6,8-9,11-15,17-18,20-24,26,29,31,33,37,40-73H2,1-3H3/b10-7-,19-16-,28-25-,30-27-,35-32-,36-34-,39-38-. The highest BCUT2D eigenvalue weighted by Gasteiger charge is 2.19. The van der Waals surface area contributed by atoms with E-state index in [-0.39, 0.29) is 31.1 Å². The number of carbonyl (C=O) groups is 3. The van der Waals surface area contributed by atoms with Gasteiger partial charge in [0.2, 0.25) is 0 Å². The summed E-state index contributed by atoms with van der Waals surface area (Å²) in [6, 6.07) is 0. The quantitative estimate of drug-likeness (QED) is 0.0261. The Hall–Kier alpha value is -3.41. The van der Waals surface area contributed by atoms with Gasteiger partial charge in [-0.3, -0.25) is 14.4 Å². The molecule has 0 aliphatic heterocycles. The van der Waals surface area contributed by atoms with Crippen molar-refractivity contribution in [3.05, 3.63) is 85.1 Å². The third kappa shape index (κ3) is 69.3. The summed E-state index contributed by atoms with van der Waals surface area (Å²) in [4.78, 5) is 38.5. The lowest BCUT2D eigenvalue weighted by Gasteiger charge is -2.18. The molecule has 1 unspecified atom stereocenters. The molecule has 0 fully saturated rings. The van der Waals surface area contributed by atoms with Gasteiger partial charge in [0, 0.05) is 19.3 Å². The van der Waals surface area contributed by atoms with Crippen LogP contribution in [0, 0.1) is 0 Å². The fourth-order valence-corrected chi connectivity index (χ4v) is 10.5. The first-order chi connectivity index (χ1) is 41.0. The fourth-order valence-electron chi connectivity index (χ4n) is 10.5. The van der Waals surface area contributed by atoms with Crippen molar-refractivity contribution >= 4 is 17.9 Å². The molecule has 0 spiro atoms. The molecule has 0 rings (SSSR count). The van der Waals surface area contributed by atoms with E-state index in [4.69, 9.17) is 14.2 Å². The molecule has 480 valence electrons. The Bertz CT molecular complexity index is 1570. The molecule has 0 aliphatic carbocycles. The van der Waals surface area contributed by atoms with Gasteiger partial charge in [-0.1, -0.05) is 318 Å². The molecule has 83 heavy (non-hydrogen) atoms. The monoisotopic (exact) mass is 1160 g/mol. The van der Waals surface area contributed by atoms with Gasteiger partial charge in [0.15, 0.2) is 6.10 Å². The molecule has 0 bridgehead atoms. The van der Waals surface area contributed by atoms with Crippen LogP contribution in [0.4, 0.5) is 0 Å². The van der Waals surface area contributed by atoms with Crippen LogP contribution in [0.25, 0.3) is 0 Å². The van der Waals surface area contributed by atoms with Gasteiger partial charge in [-0.15, -0.1) is 0 Å². The van der Waals surface area contributed by atoms with E-state index in [0.29, 0.717) is 19.3 Å². The predicted molar refractivity (Wildman–Crippen MR) is 362 cm³/mol. The van der Waals surface area contributed by atoms with E-state index >= 15 is 0 Å². The second-order valence-electron chi connectivity index (χ2n) is 24.1. The van der Waals surface area contributed by atoms with Crippen LogP contribution in [0.2, 0.25) is 0 Å². The van der Waals surface area contributed by atoms with E-state index in [2.05, 4.69) is 106 Å². The molecule has 0 radical (unpaired) electrons. The first kappa shape index (κ1) is 79.6. The second-order valence-corrected chi connectivity index (χ2v) is 24.1. The number of hydrogen-bond acceptors (Lipinski definition) is 6. The minimum absolute atomic E-state index is 0.0776. The van der Waals surface area contributed by atoms with Gasteiger partial charge >= 0.3 is 17.9 Å². The maximum Gasteiger partial charge on any atom is 0.306 e. The summed E-state index contributed by atoms with van der Waals surface area (Å²) in [6.45, 7) is 6.57. The Balaban J connectivity index is 4.37. The highest BCUT2D eigenvalue weighted by Crippen LogP contribution is 2.17. The third-order valence-electron chi connectivity index (χ3n) is 15.9. The molecule has 6 heteroatoms. The van der Waals surface area contributed by atoms with Crippen molar-refractivity contribution in [3.8, 4) is 0 Å². The van der Waals surface area contributed by atoms with Gasteiger partial charge < -0.3 is 14.2 Å². The summed E-state index contributed by atoms with van der Waals surface area (Å²) >= 11 is 0. The number of esters is 3. The van der Waals surface area contributed by atoms with E-state index in [0.717, 1.165) is 96.3 Å². The molecule has 0 saturated carbocycles. The Morgan fingerprint density at radius 2 is 0.470 bits per heavy atom. The van der Waals surface area contributed by atoms with Gasteiger partial charge in [0.05, 0.1) is 0 Å². The molecule has 0 aliphatic rings. The van der Waals surface area contributed by atoms with Gasteiger partial charge in [0.1, 0.15) is 13.2 Å². The molecular formula is C77H136O6. The number of allylic oxidation sites excluding steroid dienone is 14. The number of ether oxygens (including phenoxy) is 3. The van der Waals surface area contributed by atoms with Gasteiger partial charge in [-0.05, 0) is 116 Å². The second kappa shape index (κ2) is 71.1. The van der Waals surface area contributed by atoms with E-state index < -0.39 is 6.10 Å². The lowest BCUT2D eigenvalue weighted by molar-refractivity contribution is -0.167. The van der Waals surface area contributed by atoms with Crippen LogP contribution in [0.3, 0.4) is 0 Å². The normalized spacial score (nSPS) is 12.6. The van der Waals surface area contributed by atoms with Crippen molar-refractivity contribution < 1.29 is 28.6 Å². The van der Waals surface area contributed by atoms with Gasteiger partial charge in [0.25, 0.3) is 0 Å². The van der Waals surface area contributed by atoms with Gasteiger partial charge in [-0.2, -0.15) is 0 Å².